The van der Waals surface area contributed by atoms with Gasteiger partial charge in [0.2, 0.25) is 5.75 Å². The maximum atomic E-state index is 5.46. The number of anilines is 2. The van der Waals surface area contributed by atoms with Gasteiger partial charge < -0.3 is 24.5 Å². The van der Waals surface area contributed by atoms with Crippen molar-refractivity contribution in [3.05, 3.63) is 48.1 Å². The van der Waals surface area contributed by atoms with E-state index in [4.69, 9.17) is 19.2 Å². The van der Waals surface area contributed by atoms with E-state index in [1.54, 1.807) is 39.0 Å². The summed E-state index contributed by atoms with van der Waals surface area (Å²) < 4.78 is 17.5. The van der Waals surface area contributed by atoms with E-state index in [1.165, 1.54) is 4.70 Å². The molecule has 0 unspecified atom stereocenters. The Bertz CT molecular complexity index is 1370. The van der Waals surface area contributed by atoms with Crippen LogP contribution in [-0.4, -0.2) is 41.3 Å². The van der Waals surface area contributed by atoms with E-state index >= 15 is 0 Å². The Morgan fingerprint density at radius 2 is 1.74 bits per heavy atom. The van der Waals surface area contributed by atoms with Crippen LogP contribution in [0.15, 0.2) is 48.1 Å². The molecule has 8 nitrogen and oxygen atoms in total. The summed E-state index contributed by atoms with van der Waals surface area (Å²) in [6.07, 6.45) is 1.61. The minimum Gasteiger partial charge on any atom is -0.493 e. The van der Waals surface area contributed by atoms with Crippen LogP contribution in [0.4, 0.5) is 11.5 Å². The number of nitrogens with zero attached hydrogens (tertiary/aromatic N) is 3. The second-order valence-corrected chi connectivity index (χ2v) is 7.59. The van der Waals surface area contributed by atoms with Gasteiger partial charge >= 0.3 is 0 Å². The zero-order valence-corrected chi connectivity index (χ0v) is 17.9. The summed E-state index contributed by atoms with van der Waals surface area (Å²) in [5.74, 6) is 2.82. The molecule has 0 spiro atoms. The molecule has 0 aliphatic carbocycles. The van der Waals surface area contributed by atoms with Gasteiger partial charge in [0, 0.05) is 38.8 Å². The zero-order valence-electron chi connectivity index (χ0n) is 17.1. The molecule has 0 aliphatic rings. The minimum absolute atomic E-state index is 0.523. The van der Waals surface area contributed by atoms with Gasteiger partial charge in [-0.25, -0.2) is 15.0 Å². The fourth-order valence-electron chi connectivity index (χ4n) is 3.49. The Labute approximate surface area is 181 Å². The lowest BCUT2D eigenvalue weighted by molar-refractivity contribution is 0.324. The number of imidazole rings is 1. The summed E-state index contributed by atoms with van der Waals surface area (Å²) in [5.41, 5.74) is 2.98. The summed E-state index contributed by atoms with van der Waals surface area (Å²) in [5, 5.41) is 6.53. The maximum Gasteiger partial charge on any atom is 0.203 e. The first kappa shape index (κ1) is 19.1. The van der Waals surface area contributed by atoms with Crippen molar-refractivity contribution < 1.29 is 14.2 Å². The molecule has 5 aromatic rings. The smallest absolute Gasteiger partial charge is 0.203 e. The van der Waals surface area contributed by atoms with Crippen molar-refractivity contribution in [3.63, 3.8) is 0 Å². The van der Waals surface area contributed by atoms with Crippen molar-refractivity contribution >= 4 is 44.1 Å². The number of thiophene rings is 1. The predicted octanol–water partition coefficient (Wildman–Crippen LogP) is 5.00. The topological polar surface area (TPSA) is 94.2 Å². The molecule has 0 saturated carbocycles. The molecule has 0 bridgehead atoms. The first-order valence-electron chi connectivity index (χ1n) is 9.46. The molecular formula is C22H19N5O3S. The number of hydrogen-bond donors (Lipinski definition) is 2. The lowest BCUT2D eigenvalue weighted by Gasteiger charge is -2.15. The molecule has 9 heteroatoms. The Hall–Kier alpha value is -3.85. The number of methoxy groups -OCH3 is 3. The Kier molecular flexibility index (Phi) is 4.79. The SMILES string of the molecule is COc1cc(Nc2nc(-c3csc4ccccc34)nc3nc[nH]c23)cc(OC)c1OC. The highest BCUT2D eigenvalue weighted by molar-refractivity contribution is 7.17. The van der Waals surface area contributed by atoms with Crippen molar-refractivity contribution in [3.8, 4) is 28.6 Å². The van der Waals surface area contributed by atoms with Crippen molar-refractivity contribution in [2.75, 3.05) is 26.6 Å². The van der Waals surface area contributed by atoms with Crippen molar-refractivity contribution in [2.24, 2.45) is 0 Å². The van der Waals surface area contributed by atoms with Crippen molar-refractivity contribution in [1.82, 2.24) is 19.9 Å². The number of ether oxygens (including phenoxy) is 3. The van der Waals surface area contributed by atoms with Crippen LogP contribution < -0.4 is 19.5 Å². The van der Waals surface area contributed by atoms with Gasteiger partial charge in [0.05, 0.1) is 27.7 Å². The molecule has 2 aromatic carbocycles. The van der Waals surface area contributed by atoms with E-state index in [-0.39, 0.29) is 0 Å². The molecule has 0 atom stereocenters. The van der Waals surface area contributed by atoms with E-state index in [0.717, 1.165) is 16.6 Å². The van der Waals surface area contributed by atoms with E-state index in [2.05, 4.69) is 37.8 Å². The zero-order chi connectivity index (χ0) is 21.4. The minimum atomic E-state index is 0.523. The number of fused-ring (bicyclic) bond motifs is 2. The lowest BCUT2D eigenvalue weighted by atomic mass is 10.1. The highest BCUT2D eigenvalue weighted by Crippen LogP contribution is 2.41. The average molecular weight is 433 g/mol. The molecule has 3 aromatic heterocycles. The molecule has 0 fully saturated rings. The number of benzene rings is 2. The third-order valence-corrected chi connectivity index (χ3v) is 5.90. The van der Waals surface area contributed by atoms with Crippen LogP contribution in [0.1, 0.15) is 0 Å². The molecule has 31 heavy (non-hydrogen) atoms. The monoisotopic (exact) mass is 433 g/mol. The summed E-state index contributed by atoms with van der Waals surface area (Å²) in [6.45, 7) is 0. The Morgan fingerprint density at radius 3 is 2.48 bits per heavy atom. The van der Waals surface area contributed by atoms with Gasteiger partial charge in [-0.15, -0.1) is 11.3 Å². The molecule has 5 rings (SSSR count). The Morgan fingerprint density at radius 1 is 0.968 bits per heavy atom. The molecule has 2 N–H and O–H groups in total. The van der Waals surface area contributed by atoms with Crippen molar-refractivity contribution in [1.29, 1.82) is 0 Å². The van der Waals surface area contributed by atoms with Crippen LogP contribution in [0, 0.1) is 0 Å². The van der Waals surface area contributed by atoms with E-state index < -0.39 is 0 Å². The number of rotatable bonds is 6. The van der Waals surface area contributed by atoms with Crippen LogP contribution in [0.2, 0.25) is 0 Å². The molecule has 0 radical (unpaired) electrons. The summed E-state index contributed by atoms with van der Waals surface area (Å²) in [7, 11) is 4.74. The second-order valence-electron chi connectivity index (χ2n) is 6.68. The number of nitrogens with one attached hydrogen (secondary N) is 2. The Balaban J connectivity index is 1.63. The summed E-state index contributed by atoms with van der Waals surface area (Å²) in [6, 6.07) is 11.9. The van der Waals surface area contributed by atoms with Gasteiger partial charge in [-0.1, -0.05) is 18.2 Å². The highest BCUT2D eigenvalue weighted by atomic mass is 32.1. The third-order valence-electron chi connectivity index (χ3n) is 4.93. The molecule has 0 aliphatic heterocycles. The number of H-pyrrole nitrogens is 1. The first-order valence-corrected chi connectivity index (χ1v) is 10.3. The van der Waals surface area contributed by atoms with Crippen LogP contribution in [0.3, 0.4) is 0 Å². The fraction of sp³-hybridized carbons (Fsp3) is 0.136. The van der Waals surface area contributed by atoms with Crippen molar-refractivity contribution in [2.45, 2.75) is 0 Å². The quantitative estimate of drug-likeness (QED) is 0.389. The van der Waals surface area contributed by atoms with Gasteiger partial charge in [-0.3, -0.25) is 0 Å². The van der Waals surface area contributed by atoms with E-state index in [1.807, 2.05) is 24.3 Å². The van der Waals surface area contributed by atoms with Crippen LogP contribution >= 0.6 is 11.3 Å². The predicted molar refractivity (Wildman–Crippen MR) is 122 cm³/mol. The van der Waals surface area contributed by atoms with Crippen LogP contribution in [0.5, 0.6) is 17.2 Å². The van der Waals surface area contributed by atoms with Gasteiger partial charge in [0.1, 0.15) is 5.52 Å². The number of aromatic nitrogens is 4. The van der Waals surface area contributed by atoms with Crippen LogP contribution in [0.25, 0.3) is 32.6 Å². The second kappa shape index (κ2) is 7.77. The average Bonchev–Trinajstić information content (AvgIpc) is 3.45. The maximum absolute atomic E-state index is 5.46. The lowest BCUT2D eigenvalue weighted by Crippen LogP contribution is -2.01. The third kappa shape index (κ3) is 3.28. The van der Waals surface area contributed by atoms with Gasteiger partial charge in [0.25, 0.3) is 0 Å². The highest BCUT2D eigenvalue weighted by Gasteiger charge is 2.17. The van der Waals surface area contributed by atoms with E-state index in [9.17, 15) is 0 Å². The molecular weight excluding hydrogens is 414 g/mol. The summed E-state index contributed by atoms with van der Waals surface area (Å²) >= 11 is 1.66. The molecule has 0 saturated heterocycles. The molecule has 156 valence electrons. The first-order chi connectivity index (χ1) is 15.2. The number of aromatic amines is 1. The normalized spacial score (nSPS) is 11.1. The van der Waals surface area contributed by atoms with Gasteiger partial charge in [0.15, 0.2) is 28.8 Å². The molecule has 0 amide bonds. The standard InChI is InChI=1S/C22H19N5O3S/c1-28-15-8-12(9-16(29-2)19(15)30-3)25-22-18-21(24-11-23-18)26-20(27-22)14-10-31-17-7-5-4-6-13(14)17/h4-11H,1-3H3,(H2,23,24,25,26,27). The van der Waals surface area contributed by atoms with Crippen LogP contribution in [-0.2, 0) is 0 Å². The largest absolute Gasteiger partial charge is 0.493 e. The molecule has 3 heterocycles. The summed E-state index contributed by atoms with van der Waals surface area (Å²) in [4.78, 5) is 17.0. The fourth-order valence-corrected chi connectivity index (χ4v) is 4.42. The van der Waals surface area contributed by atoms with Gasteiger partial charge in [-0.2, -0.15) is 0 Å². The van der Waals surface area contributed by atoms with Gasteiger partial charge in [-0.05, 0) is 6.07 Å². The van der Waals surface area contributed by atoms with E-state index in [0.29, 0.717) is 40.1 Å². The number of hydrogen-bond acceptors (Lipinski definition) is 8.